The Morgan fingerprint density at radius 1 is 1.38 bits per heavy atom. The van der Waals surface area contributed by atoms with Gasteiger partial charge < -0.3 is 10.2 Å². The largest absolute Gasteiger partial charge is 0.355 e. The number of aromatic nitrogens is 1. The van der Waals surface area contributed by atoms with Crippen molar-refractivity contribution >= 4 is 34.8 Å². The van der Waals surface area contributed by atoms with E-state index >= 15 is 0 Å². The molecule has 1 atom stereocenters. The van der Waals surface area contributed by atoms with Crippen LogP contribution in [0.4, 0.5) is 0 Å². The first-order chi connectivity index (χ1) is 13.9. The maximum Gasteiger partial charge on any atom is 0.227 e. The Hall–Kier alpha value is -1.92. The summed E-state index contributed by atoms with van der Waals surface area (Å²) in [6.45, 7) is 5.90. The number of halogens is 1. The van der Waals surface area contributed by atoms with Crippen LogP contribution in [0, 0.1) is 5.92 Å². The van der Waals surface area contributed by atoms with Gasteiger partial charge >= 0.3 is 0 Å². The average molecular weight is 434 g/mol. The van der Waals surface area contributed by atoms with E-state index in [4.69, 9.17) is 16.6 Å². The van der Waals surface area contributed by atoms with E-state index in [0.29, 0.717) is 18.0 Å². The molecule has 0 aliphatic carbocycles. The van der Waals surface area contributed by atoms with Gasteiger partial charge in [0.25, 0.3) is 0 Å². The molecule has 1 aliphatic heterocycles. The molecule has 1 aromatic carbocycles. The molecule has 5 nitrogen and oxygen atoms in total. The summed E-state index contributed by atoms with van der Waals surface area (Å²) in [5, 5.41) is 6.76. The number of benzene rings is 1. The van der Waals surface area contributed by atoms with Crippen LogP contribution >= 0.6 is 22.9 Å². The van der Waals surface area contributed by atoms with Crippen molar-refractivity contribution < 1.29 is 9.59 Å². The third kappa shape index (κ3) is 6.28. The van der Waals surface area contributed by atoms with Crippen molar-refractivity contribution in [2.24, 2.45) is 5.92 Å². The van der Waals surface area contributed by atoms with Crippen LogP contribution in [0.2, 0.25) is 5.02 Å². The normalized spacial score (nSPS) is 16.8. The number of nitrogens with one attached hydrogen (secondary N) is 1. The van der Waals surface area contributed by atoms with Gasteiger partial charge in [0.05, 0.1) is 17.1 Å². The van der Waals surface area contributed by atoms with Crippen molar-refractivity contribution in [1.29, 1.82) is 0 Å². The highest BCUT2D eigenvalue weighted by molar-refractivity contribution is 7.09. The highest BCUT2D eigenvalue weighted by Gasteiger charge is 2.26. The molecule has 2 amide bonds. The minimum Gasteiger partial charge on any atom is -0.355 e. The summed E-state index contributed by atoms with van der Waals surface area (Å²) in [6.07, 6.45) is 3.16. The molecule has 29 heavy (non-hydrogen) atoms. The monoisotopic (exact) mass is 433 g/mol. The van der Waals surface area contributed by atoms with Gasteiger partial charge in [-0.1, -0.05) is 37.6 Å². The summed E-state index contributed by atoms with van der Waals surface area (Å²) in [7, 11) is 0. The lowest BCUT2D eigenvalue weighted by atomic mass is 9.98. The summed E-state index contributed by atoms with van der Waals surface area (Å²) < 4.78 is 0. The fraction of sp³-hybridized carbons (Fsp3) is 0.500. The number of carbonyl (C=O) groups excluding carboxylic acids is 2. The van der Waals surface area contributed by atoms with Gasteiger partial charge in [0.15, 0.2) is 0 Å². The number of carbonyl (C=O) groups is 2. The summed E-state index contributed by atoms with van der Waals surface area (Å²) in [6, 6.07) is 7.49. The fourth-order valence-electron chi connectivity index (χ4n) is 3.48. The zero-order valence-electron chi connectivity index (χ0n) is 17.0. The zero-order valence-corrected chi connectivity index (χ0v) is 18.6. The van der Waals surface area contributed by atoms with Gasteiger partial charge in [0.2, 0.25) is 11.8 Å². The predicted octanol–water partition coefficient (Wildman–Crippen LogP) is 4.06. The number of hydrogen-bond acceptors (Lipinski definition) is 4. The van der Waals surface area contributed by atoms with Gasteiger partial charge in [-0.3, -0.25) is 9.59 Å². The number of likely N-dealkylation sites (tertiary alicyclic amines) is 1. The first-order valence-electron chi connectivity index (χ1n) is 10.2. The van der Waals surface area contributed by atoms with Crippen molar-refractivity contribution in [2.75, 3.05) is 19.6 Å². The maximum absolute atomic E-state index is 12.7. The van der Waals surface area contributed by atoms with Crippen LogP contribution in [0.3, 0.4) is 0 Å². The molecule has 0 saturated carbocycles. The van der Waals surface area contributed by atoms with E-state index < -0.39 is 0 Å². The number of hydrogen-bond donors (Lipinski definition) is 1. The molecule has 1 unspecified atom stereocenters. The lowest BCUT2D eigenvalue weighted by Crippen LogP contribution is -2.39. The second kappa shape index (κ2) is 10.2. The van der Waals surface area contributed by atoms with Crippen LogP contribution in [0.1, 0.15) is 48.9 Å². The molecule has 1 saturated heterocycles. The van der Waals surface area contributed by atoms with Crippen molar-refractivity contribution in [3.63, 3.8) is 0 Å². The first kappa shape index (κ1) is 21.8. The molecule has 1 aliphatic rings. The lowest BCUT2D eigenvalue weighted by molar-refractivity contribution is -0.131. The Balaban J connectivity index is 1.53. The predicted molar refractivity (Wildman–Crippen MR) is 117 cm³/mol. The van der Waals surface area contributed by atoms with Crippen molar-refractivity contribution in [3.05, 3.63) is 50.9 Å². The molecular formula is C22H28ClN3O2S. The first-order valence-corrected chi connectivity index (χ1v) is 11.4. The average Bonchev–Trinajstić information content (AvgIpc) is 3.17. The van der Waals surface area contributed by atoms with E-state index in [0.717, 1.165) is 48.6 Å². The molecule has 2 aromatic rings. The molecule has 2 heterocycles. The SMILES string of the molecule is CC(C)C(=O)NCCc1csc(C2CCCN(C(=O)Cc3cccc(Cl)c3)C2)n1. The highest BCUT2D eigenvalue weighted by atomic mass is 35.5. The van der Waals surface area contributed by atoms with Crippen LogP contribution in [-0.2, 0) is 22.4 Å². The number of thiazole rings is 1. The fourth-order valence-corrected chi connectivity index (χ4v) is 4.68. The third-order valence-electron chi connectivity index (χ3n) is 5.14. The molecule has 3 rings (SSSR count). The molecule has 156 valence electrons. The molecule has 0 bridgehead atoms. The molecule has 1 N–H and O–H groups in total. The topological polar surface area (TPSA) is 62.3 Å². The van der Waals surface area contributed by atoms with E-state index in [1.165, 1.54) is 0 Å². The summed E-state index contributed by atoms with van der Waals surface area (Å²) >= 11 is 7.70. The summed E-state index contributed by atoms with van der Waals surface area (Å²) in [5.74, 6) is 0.501. The highest BCUT2D eigenvalue weighted by Crippen LogP contribution is 2.29. The Bertz CT molecular complexity index is 852. The molecule has 1 fully saturated rings. The summed E-state index contributed by atoms with van der Waals surface area (Å²) in [4.78, 5) is 31.1. The summed E-state index contributed by atoms with van der Waals surface area (Å²) in [5.41, 5.74) is 1.96. The Morgan fingerprint density at radius 3 is 2.97 bits per heavy atom. The van der Waals surface area contributed by atoms with Crippen LogP contribution < -0.4 is 5.32 Å². The number of amides is 2. The van der Waals surface area contributed by atoms with Crippen molar-refractivity contribution in [3.8, 4) is 0 Å². The van der Waals surface area contributed by atoms with Crippen molar-refractivity contribution in [2.45, 2.75) is 45.4 Å². The Labute approximate surface area is 181 Å². The third-order valence-corrected chi connectivity index (χ3v) is 6.43. The van der Waals surface area contributed by atoms with Gasteiger partial charge in [-0.2, -0.15) is 0 Å². The second-order valence-corrected chi connectivity index (χ2v) is 9.18. The van der Waals surface area contributed by atoms with Gasteiger partial charge in [0, 0.05) is 48.3 Å². The van der Waals surface area contributed by atoms with Crippen LogP contribution in [-0.4, -0.2) is 41.3 Å². The maximum atomic E-state index is 12.7. The van der Waals surface area contributed by atoms with Crippen LogP contribution in [0.15, 0.2) is 29.6 Å². The Kier molecular flexibility index (Phi) is 7.67. The standard InChI is InChI=1S/C22H28ClN3O2S/c1-15(2)21(28)24-9-8-19-14-29-22(25-19)17-6-4-10-26(13-17)20(27)12-16-5-3-7-18(23)11-16/h3,5,7,11,14-15,17H,4,6,8-10,12-13H2,1-2H3,(H,24,28). The van der Waals surface area contributed by atoms with Crippen molar-refractivity contribution in [1.82, 2.24) is 15.2 Å². The minimum atomic E-state index is -0.00124. The molecular weight excluding hydrogens is 406 g/mol. The number of nitrogens with zero attached hydrogens (tertiary/aromatic N) is 2. The Morgan fingerprint density at radius 2 is 2.21 bits per heavy atom. The van der Waals surface area contributed by atoms with Gasteiger partial charge in [0.1, 0.15) is 0 Å². The van der Waals surface area contributed by atoms with E-state index in [-0.39, 0.29) is 23.7 Å². The quantitative estimate of drug-likeness (QED) is 0.716. The number of piperidine rings is 1. The smallest absolute Gasteiger partial charge is 0.227 e. The molecule has 0 radical (unpaired) electrons. The minimum absolute atomic E-state index is 0.00124. The van der Waals surface area contributed by atoms with Gasteiger partial charge in [-0.25, -0.2) is 4.98 Å². The van der Waals surface area contributed by atoms with Gasteiger partial charge in [-0.15, -0.1) is 11.3 Å². The van der Waals surface area contributed by atoms with Crippen LogP contribution in [0.5, 0.6) is 0 Å². The zero-order chi connectivity index (χ0) is 20.8. The molecule has 1 aromatic heterocycles. The van der Waals surface area contributed by atoms with E-state index in [1.807, 2.05) is 43.0 Å². The van der Waals surface area contributed by atoms with Crippen LogP contribution in [0.25, 0.3) is 0 Å². The van der Waals surface area contributed by atoms with E-state index in [9.17, 15) is 9.59 Å². The molecule has 7 heteroatoms. The van der Waals surface area contributed by atoms with E-state index in [2.05, 4.69) is 10.7 Å². The van der Waals surface area contributed by atoms with Gasteiger partial charge in [-0.05, 0) is 30.5 Å². The number of rotatable bonds is 7. The second-order valence-electron chi connectivity index (χ2n) is 7.86. The molecule has 0 spiro atoms. The van der Waals surface area contributed by atoms with E-state index in [1.54, 1.807) is 11.3 Å². The lowest BCUT2D eigenvalue weighted by Gasteiger charge is -2.32.